The van der Waals surface area contributed by atoms with E-state index in [0.29, 0.717) is 17.1 Å². The molecule has 1 amide bonds. The van der Waals surface area contributed by atoms with Crippen LogP contribution < -0.4 is 5.32 Å². The molecule has 5 nitrogen and oxygen atoms in total. The molecular weight excluding hydrogens is 392 g/mol. The average Bonchev–Trinajstić information content (AvgIpc) is 3.35. The largest absolute Gasteiger partial charge is 0.448 e. The molecule has 0 unspecified atom stereocenters. The molecule has 1 N–H and O–H groups in total. The molecule has 3 rings (SSSR count). The van der Waals surface area contributed by atoms with E-state index in [0.717, 1.165) is 21.9 Å². The molecule has 0 aliphatic heterocycles. The molecule has 0 bridgehead atoms. The van der Waals surface area contributed by atoms with Crippen LogP contribution in [0.1, 0.15) is 39.7 Å². The van der Waals surface area contributed by atoms with Crippen molar-refractivity contribution in [1.29, 1.82) is 0 Å². The van der Waals surface area contributed by atoms with Crippen molar-refractivity contribution in [2.24, 2.45) is 0 Å². The molecule has 146 valence electrons. The fourth-order valence-electron chi connectivity index (χ4n) is 2.59. The molecule has 0 saturated carbocycles. The van der Waals surface area contributed by atoms with Crippen LogP contribution in [0, 0.1) is 6.92 Å². The molecule has 0 aliphatic rings. The summed E-state index contributed by atoms with van der Waals surface area (Å²) < 4.78 is 5.36. The molecule has 0 fully saturated rings. The van der Waals surface area contributed by atoms with Crippen molar-refractivity contribution in [3.05, 3.63) is 62.8 Å². The quantitative estimate of drug-likeness (QED) is 0.574. The van der Waals surface area contributed by atoms with E-state index in [9.17, 15) is 9.59 Å². The van der Waals surface area contributed by atoms with Crippen molar-refractivity contribution >= 4 is 34.6 Å². The van der Waals surface area contributed by atoms with Gasteiger partial charge in [-0.1, -0.05) is 37.3 Å². The van der Waals surface area contributed by atoms with Gasteiger partial charge in [-0.3, -0.25) is 4.79 Å². The van der Waals surface area contributed by atoms with E-state index in [4.69, 9.17) is 4.74 Å². The van der Waals surface area contributed by atoms with Crippen molar-refractivity contribution in [1.82, 2.24) is 10.3 Å². The Hall–Kier alpha value is -2.51. The first kappa shape index (κ1) is 20.2. The molecule has 0 radical (unpaired) electrons. The Kier molecular flexibility index (Phi) is 6.59. The first-order chi connectivity index (χ1) is 13.5. The van der Waals surface area contributed by atoms with Gasteiger partial charge in [-0.15, -0.1) is 22.7 Å². The van der Waals surface area contributed by atoms with Crippen LogP contribution in [0.3, 0.4) is 0 Å². The molecule has 2 heterocycles. The highest BCUT2D eigenvalue weighted by atomic mass is 32.1. The van der Waals surface area contributed by atoms with Crippen molar-refractivity contribution < 1.29 is 14.3 Å². The summed E-state index contributed by atoms with van der Waals surface area (Å²) in [4.78, 5) is 30.7. The number of esters is 1. The lowest BCUT2D eigenvalue weighted by molar-refractivity contribution is -0.129. The van der Waals surface area contributed by atoms with Gasteiger partial charge in [0.1, 0.15) is 9.88 Å². The van der Waals surface area contributed by atoms with Gasteiger partial charge in [0.05, 0.1) is 12.2 Å². The predicted molar refractivity (Wildman–Crippen MR) is 113 cm³/mol. The van der Waals surface area contributed by atoms with Gasteiger partial charge >= 0.3 is 5.97 Å². The lowest BCUT2D eigenvalue weighted by Gasteiger charge is -2.12. The monoisotopic (exact) mass is 414 g/mol. The minimum Gasteiger partial charge on any atom is -0.448 e. The summed E-state index contributed by atoms with van der Waals surface area (Å²) in [6.07, 6.45) is 0.0996. The number of thiazole rings is 1. The van der Waals surface area contributed by atoms with E-state index in [1.807, 2.05) is 29.6 Å². The molecular formula is C21H22N2O3S2. The fourth-order valence-corrected chi connectivity index (χ4v) is 4.19. The standard InChI is InChI=1S/C21H22N2O3S2/c1-4-15-7-9-16(10-8-15)20-23-13(2)18(28-20)21(25)26-14(3)19(24)22-12-17-6-5-11-27-17/h5-11,14H,4,12H2,1-3H3,(H,22,24)/t14-/m0/s1. The van der Waals surface area contributed by atoms with Gasteiger partial charge < -0.3 is 10.1 Å². The third kappa shape index (κ3) is 4.85. The Bertz CT molecular complexity index is 947. The number of aryl methyl sites for hydroxylation is 2. The van der Waals surface area contributed by atoms with E-state index >= 15 is 0 Å². The zero-order valence-corrected chi connectivity index (χ0v) is 17.7. The van der Waals surface area contributed by atoms with Crippen molar-refractivity contribution in [2.45, 2.75) is 39.8 Å². The third-order valence-electron chi connectivity index (χ3n) is 4.26. The highest BCUT2D eigenvalue weighted by Gasteiger charge is 2.23. The van der Waals surface area contributed by atoms with Gasteiger partial charge in [-0.25, -0.2) is 9.78 Å². The number of nitrogens with one attached hydrogen (secondary N) is 1. The van der Waals surface area contributed by atoms with Crippen LogP contribution >= 0.6 is 22.7 Å². The Balaban J connectivity index is 1.63. The maximum atomic E-state index is 12.5. The van der Waals surface area contributed by atoms with E-state index < -0.39 is 12.1 Å². The summed E-state index contributed by atoms with van der Waals surface area (Å²) in [5.41, 5.74) is 2.82. The number of nitrogens with zero attached hydrogens (tertiary/aromatic N) is 1. The summed E-state index contributed by atoms with van der Waals surface area (Å²) >= 11 is 2.85. The normalized spacial score (nSPS) is 11.8. The van der Waals surface area contributed by atoms with E-state index in [1.54, 1.807) is 25.2 Å². The molecule has 28 heavy (non-hydrogen) atoms. The Labute approximate surface area is 172 Å². The van der Waals surface area contributed by atoms with Crippen LogP contribution in [0.2, 0.25) is 0 Å². The second-order valence-electron chi connectivity index (χ2n) is 6.33. The minimum atomic E-state index is -0.874. The number of amides is 1. The second kappa shape index (κ2) is 9.12. The zero-order valence-electron chi connectivity index (χ0n) is 16.0. The molecule has 3 aromatic rings. The number of benzene rings is 1. The fraction of sp³-hybridized carbons (Fsp3) is 0.286. The molecule has 1 atom stereocenters. The van der Waals surface area contributed by atoms with E-state index in [2.05, 4.69) is 29.4 Å². The smallest absolute Gasteiger partial charge is 0.351 e. The van der Waals surface area contributed by atoms with Crippen LogP contribution in [0.15, 0.2) is 41.8 Å². The van der Waals surface area contributed by atoms with Gasteiger partial charge in [-0.05, 0) is 37.3 Å². The van der Waals surface area contributed by atoms with Crippen LogP contribution in [0.5, 0.6) is 0 Å². The number of carbonyl (C=O) groups excluding carboxylic acids is 2. The van der Waals surface area contributed by atoms with Crippen molar-refractivity contribution in [3.63, 3.8) is 0 Å². The predicted octanol–water partition coefficient (Wildman–Crippen LogP) is 4.60. The number of rotatable bonds is 7. The van der Waals surface area contributed by atoms with Crippen molar-refractivity contribution in [3.8, 4) is 10.6 Å². The number of aromatic nitrogens is 1. The molecule has 7 heteroatoms. The number of hydrogen-bond acceptors (Lipinski definition) is 6. The molecule has 0 saturated heterocycles. The molecule has 2 aromatic heterocycles. The Morgan fingerprint density at radius 2 is 1.96 bits per heavy atom. The topological polar surface area (TPSA) is 68.3 Å². The average molecular weight is 415 g/mol. The van der Waals surface area contributed by atoms with Gasteiger partial charge in [0.25, 0.3) is 5.91 Å². The lowest BCUT2D eigenvalue weighted by atomic mass is 10.1. The maximum Gasteiger partial charge on any atom is 0.351 e. The number of carbonyl (C=O) groups is 2. The first-order valence-electron chi connectivity index (χ1n) is 9.05. The third-order valence-corrected chi connectivity index (χ3v) is 6.32. The second-order valence-corrected chi connectivity index (χ2v) is 8.36. The lowest BCUT2D eigenvalue weighted by Crippen LogP contribution is -2.35. The summed E-state index contributed by atoms with van der Waals surface area (Å²) in [5.74, 6) is -0.843. The summed E-state index contributed by atoms with van der Waals surface area (Å²) in [7, 11) is 0. The summed E-state index contributed by atoms with van der Waals surface area (Å²) in [6, 6.07) is 12.0. The maximum absolute atomic E-state index is 12.5. The van der Waals surface area contributed by atoms with Gasteiger partial charge in [0.15, 0.2) is 6.10 Å². The van der Waals surface area contributed by atoms with E-state index in [-0.39, 0.29) is 5.91 Å². The molecule has 1 aromatic carbocycles. The Morgan fingerprint density at radius 3 is 2.61 bits per heavy atom. The van der Waals surface area contributed by atoms with Crippen molar-refractivity contribution in [2.75, 3.05) is 0 Å². The van der Waals surface area contributed by atoms with Gasteiger partial charge in [0.2, 0.25) is 0 Å². The summed E-state index contributed by atoms with van der Waals surface area (Å²) in [6.45, 7) is 5.88. The first-order valence-corrected chi connectivity index (χ1v) is 10.8. The Morgan fingerprint density at radius 1 is 1.21 bits per heavy atom. The summed E-state index contributed by atoms with van der Waals surface area (Å²) in [5, 5.41) is 5.50. The van der Waals surface area contributed by atoms with Crippen LogP contribution in [-0.2, 0) is 22.5 Å². The minimum absolute atomic E-state index is 0.320. The van der Waals surface area contributed by atoms with E-state index in [1.165, 1.54) is 16.9 Å². The highest BCUT2D eigenvalue weighted by Crippen LogP contribution is 2.29. The van der Waals surface area contributed by atoms with Gasteiger partial charge in [0, 0.05) is 10.4 Å². The number of hydrogen-bond donors (Lipinski definition) is 1. The van der Waals surface area contributed by atoms with Crippen LogP contribution in [0.4, 0.5) is 0 Å². The highest BCUT2D eigenvalue weighted by molar-refractivity contribution is 7.17. The number of ether oxygens (including phenoxy) is 1. The van der Waals surface area contributed by atoms with Crippen LogP contribution in [0.25, 0.3) is 10.6 Å². The number of thiophene rings is 1. The van der Waals surface area contributed by atoms with Crippen LogP contribution in [-0.4, -0.2) is 23.0 Å². The van der Waals surface area contributed by atoms with Gasteiger partial charge in [-0.2, -0.15) is 0 Å². The SMILES string of the molecule is CCc1ccc(-c2nc(C)c(C(=O)O[C@@H](C)C(=O)NCc3cccs3)s2)cc1. The molecule has 0 spiro atoms. The molecule has 0 aliphatic carbocycles. The zero-order chi connectivity index (χ0) is 20.1.